The number of nitrogens with two attached hydrogens (primary N) is 1. The topological polar surface area (TPSA) is 89.7 Å². The Bertz CT molecular complexity index is 903. The van der Waals surface area contributed by atoms with Crippen LogP contribution in [0.2, 0.25) is 0 Å². The van der Waals surface area contributed by atoms with E-state index in [1.165, 1.54) is 4.31 Å². The number of piperidine rings is 1. The number of carbonyl (C=O) groups is 1. The van der Waals surface area contributed by atoms with Gasteiger partial charge in [0.25, 0.3) is 0 Å². The second-order valence-corrected chi connectivity index (χ2v) is 8.54. The average Bonchev–Trinajstić information content (AvgIpc) is 2.65. The van der Waals surface area contributed by atoms with Crippen molar-refractivity contribution in [1.82, 2.24) is 4.31 Å². The number of sulfonamides is 1. The van der Waals surface area contributed by atoms with Gasteiger partial charge >= 0.3 is 0 Å². The highest BCUT2D eigenvalue weighted by atomic mass is 32.2. The maximum Gasteiger partial charge on any atom is 0.243 e. The van der Waals surface area contributed by atoms with Gasteiger partial charge in [0.05, 0.1) is 11.5 Å². The van der Waals surface area contributed by atoms with E-state index in [-0.39, 0.29) is 16.7 Å². The zero-order valence-corrected chi connectivity index (χ0v) is 15.7. The molecule has 2 aromatic carbocycles. The number of amides is 1. The number of carbonyl (C=O) groups excluding carboxylic acids is 1. The van der Waals surface area contributed by atoms with Gasteiger partial charge in [0.2, 0.25) is 15.9 Å². The molecule has 0 radical (unpaired) electrons. The molecule has 0 unspecified atom stereocenters. The van der Waals surface area contributed by atoms with Gasteiger partial charge in [0, 0.05) is 19.0 Å². The van der Waals surface area contributed by atoms with Crippen molar-refractivity contribution in [3.05, 3.63) is 36.4 Å². The van der Waals surface area contributed by atoms with Crippen LogP contribution in [0.1, 0.15) is 26.2 Å². The second kappa shape index (κ2) is 7.63. The molecule has 1 amide bonds. The number of rotatable bonds is 6. The Labute approximate surface area is 154 Å². The minimum atomic E-state index is -3.58. The fourth-order valence-electron chi connectivity index (χ4n) is 3.20. The minimum Gasteiger partial charge on any atom is -0.494 e. The number of primary amides is 1. The van der Waals surface area contributed by atoms with Crippen molar-refractivity contribution in [1.29, 1.82) is 0 Å². The molecule has 26 heavy (non-hydrogen) atoms. The first-order valence-electron chi connectivity index (χ1n) is 8.88. The van der Waals surface area contributed by atoms with Gasteiger partial charge < -0.3 is 10.5 Å². The third-order valence-corrected chi connectivity index (χ3v) is 6.64. The highest BCUT2D eigenvalue weighted by Crippen LogP contribution is 2.28. The molecule has 140 valence electrons. The van der Waals surface area contributed by atoms with Crippen LogP contribution in [0.3, 0.4) is 0 Å². The summed E-state index contributed by atoms with van der Waals surface area (Å²) in [6, 6.07) is 10.8. The lowest BCUT2D eigenvalue weighted by Crippen LogP contribution is -2.41. The molecule has 0 aliphatic carbocycles. The molecule has 7 heteroatoms. The molecule has 1 saturated heterocycles. The van der Waals surface area contributed by atoms with Gasteiger partial charge in [-0.05, 0) is 54.3 Å². The summed E-state index contributed by atoms with van der Waals surface area (Å²) in [6.07, 6.45) is 1.88. The molecule has 1 aliphatic heterocycles. The van der Waals surface area contributed by atoms with Crippen LogP contribution >= 0.6 is 0 Å². The summed E-state index contributed by atoms with van der Waals surface area (Å²) in [6.45, 7) is 3.33. The average molecular weight is 376 g/mol. The van der Waals surface area contributed by atoms with Gasteiger partial charge in [0.15, 0.2) is 0 Å². The van der Waals surface area contributed by atoms with E-state index in [1.54, 1.807) is 18.2 Å². The first-order chi connectivity index (χ1) is 12.4. The standard InChI is InChI=1S/C19H24N2O4S/c1-2-11-25-17-5-3-16-13-18(6-4-15(16)12-17)26(23,24)21-9-7-14(8-10-21)19(20)22/h3-6,12-14H,2,7-11H2,1H3,(H2,20,22). The Balaban J connectivity index is 1.81. The molecule has 6 nitrogen and oxygen atoms in total. The maximum atomic E-state index is 12.9. The van der Waals surface area contributed by atoms with Crippen LogP contribution in [0.15, 0.2) is 41.3 Å². The second-order valence-electron chi connectivity index (χ2n) is 6.60. The molecule has 2 aromatic rings. The highest BCUT2D eigenvalue weighted by molar-refractivity contribution is 7.89. The summed E-state index contributed by atoms with van der Waals surface area (Å²) in [4.78, 5) is 11.5. The SMILES string of the molecule is CCCOc1ccc2cc(S(=O)(=O)N3CCC(C(N)=O)CC3)ccc2c1. The number of hydrogen-bond acceptors (Lipinski definition) is 4. The predicted molar refractivity (Wildman–Crippen MR) is 100 cm³/mol. The van der Waals surface area contributed by atoms with E-state index in [0.29, 0.717) is 32.5 Å². The van der Waals surface area contributed by atoms with Crippen molar-refractivity contribution in [2.75, 3.05) is 19.7 Å². The summed E-state index contributed by atoms with van der Waals surface area (Å²) in [5, 5.41) is 1.78. The summed E-state index contributed by atoms with van der Waals surface area (Å²) < 4.78 is 32.9. The van der Waals surface area contributed by atoms with Gasteiger partial charge in [0.1, 0.15) is 5.75 Å². The van der Waals surface area contributed by atoms with Gasteiger partial charge in [-0.1, -0.05) is 19.1 Å². The molecule has 0 bridgehead atoms. The predicted octanol–water partition coefficient (Wildman–Crippen LogP) is 2.51. The molecule has 1 fully saturated rings. The summed E-state index contributed by atoms with van der Waals surface area (Å²) >= 11 is 0. The first-order valence-corrected chi connectivity index (χ1v) is 10.3. The fourth-order valence-corrected chi connectivity index (χ4v) is 4.71. The maximum absolute atomic E-state index is 12.9. The molecule has 1 aliphatic rings. The van der Waals surface area contributed by atoms with Gasteiger partial charge in [-0.25, -0.2) is 8.42 Å². The van der Waals surface area contributed by atoms with E-state index >= 15 is 0 Å². The van der Waals surface area contributed by atoms with Crippen molar-refractivity contribution in [3.8, 4) is 5.75 Å². The summed E-state index contributed by atoms with van der Waals surface area (Å²) in [5.74, 6) is 0.192. The molecule has 1 heterocycles. The van der Waals surface area contributed by atoms with E-state index < -0.39 is 10.0 Å². The number of hydrogen-bond donors (Lipinski definition) is 1. The molecular weight excluding hydrogens is 352 g/mol. The van der Waals surface area contributed by atoms with Gasteiger partial charge in [-0.3, -0.25) is 4.79 Å². The van der Waals surface area contributed by atoms with Crippen molar-refractivity contribution < 1.29 is 17.9 Å². The zero-order chi connectivity index (χ0) is 18.7. The lowest BCUT2D eigenvalue weighted by molar-refractivity contribution is -0.122. The largest absolute Gasteiger partial charge is 0.494 e. The van der Waals surface area contributed by atoms with Crippen molar-refractivity contribution >= 4 is 26.7 Å². The van der Waals surface area contributed by atoms with E-state index in [2.05, 4.69) is 0 Å². The smallest absolute Gasteiger partial charge is 0.243 e. The Hall–Kier alpha value is -2.12. The quantitative estimate of drug-likeness (QED) is 0.839. The molecule has 3 rings (SSSR count). The summed E-state index contributed by atoms with van der Waals surface area (Å²) in [7, 11) is -3.58. The van der Waals surface area contributed by atoms with Gasteiger partial charge in [-0.15, -0.1) is 0 Å². The normalized spacial score (nSPS) is 16.7. The lowest BCUT2D eigenvalue weighted by atomic mass is 9.98. The van der Waals surface area contributed by atoms with Crippen molar-refractivity contribution in [3.63, 3.8) is 0 Å². The minimum absolute atomic E-state index is 0.236. The molecule has 0 spiro atoms. The Kier molecular flexibility index (Phi) is 5.48. The Morgan fingerprint density at radius 3 is 2.46 bits per heavy atom. The van der Waals surface area contributed by atoms with E-state index in [0.717, 1.165) is 22.9 Å². The number of fused-ring (bicyclic) bond motifs is 1. The molecule has 2 N–H and O–H groups in total. The van der Waals surface area contributed by atoms with E-state index in [4.69, 9.17) is 10.5 Å². The van der Waals surface area contributed by atoms with Crippen LogP contribution in [0.25, 0.3) is 10.8 Å². The molecule has 0 saturated carbocycles. The highest BCUT2D eigenvalue weighted by Gasteiger charge is 2.31. The lowest BCUT2D eigenvalue weighted by Gasteiger charge is -2.29. The van der Waals surface area contributed by atoms with E-state index in [9.17, 15) is 13.2 Å². The van der Waals surface area contributed by atoms with Gasteiger partial charge in [-0.2, -0.15) is 4.31 Å². The summed E-state index contributed by atoms with van der Waals surface area (Å²) in [5.41, 5.74) is 5.32. The van der Waals surface area contributed by atoms with E-state index in [1.807, 2.05) is 25.1 Å². The van der Waals surface area contributed by atoms with Crippen LogP contribution in [-0.2, 0) is 14.8 Å². The zero-order valence-electron chi connectivity index (χ0n) is 14.8. The Morgan fingerprint density at radius 2 is 1.81 bits per heavy atom. The van der Waals surface area contributed by atoms with Crippen LogP contribution in [0, 0.1) is 5.92 Å². The number of benzene rings is 2. The molecule has 0 atom stereocenters. The Morgan fingerprint density at radius 1 is 1.15 bits per heavy atom. The molecular formula is C19H24N2O4S. The molecule has 0 aromatic heterocycles. The fraction of sp³-hybridized carbons (Fsp3) is 0.421. The van der Waals surface area contributed by atoms with Crippen molar-refractivity contribution in [2.24, 2.45) is 11.7 Å². The number of ether oxygens (including phenoxy) is 1. The first kappa shape index (κ1) is 18.7. The van der Waals surface area contributed by atoms with Crippen LogP contribution in [0.5, 0.6) is 5.75 Å². The van der Waals surface area contributed by atoms with Crippen LogP contribution in [-0.4, -0.2) is 38.3 Å². The third kappa shape index (κ3) is 3.83. The van der Waals surface area contributed by atoms with Crippen LogP contribution < -0.4 is 10.5 Å². The monoisotopic (exact) mass is 376 g/mol. The van der Waals surface area contributed by atoms with Crippen LogP contribution in [0.4, 0.5) is 0 Å². The van der Waals surface area contributed by atoms with Crippen molar-refractivity contribution in [2.45, 2.75) is 31.1 Å². The third-order valence-electron chi connectivity index (χ3n) is 4.75. The number of nitrogens with zero attached hydrogens (tertiary/aromatic N) is 1.